The van der Waals surface area contributed by atoms with E-state index in [1.165, 1.54) is 11.0 Å². The first-order chi connectivity index (χ1) is 27.2. The van der Waals surface area contributed by atoms with Crippen LogP contribution in [0.3, 0.4) is 0 Å². The van der Waals surface area contributed by atoms with Crippen molar-refractivity contribution in [1.82, 2.24) is 4.90 Å². The van der Waals surface area contributed by atoms with Gasteiger partial charge in [-0.25, -0.2) is 0 Å². The van der Waals surface area contributed by atoms with Crippen molar-refractivity contribution < 1.29 is 38.9 Å². The molecule has 0 bridgehead atoms. The zero-order valence-corrected chi connectivity index (χ0v) is 30.9. The zero-order valence-electron chi connectivity index (χ0n) is 30.9. The number of carbonyl (C=O) groups is 5. The second-order valence-electron chi connectivity index (χ2n) is 15.3. The van der Waals surface area contributed by atoms with Crippen molar-refractivity contribution in [2.75, 3.05) is 6.54 Å². The SMILES string of the molecule is O=C(O)CCCCCN1C(=O)C2CC=C3C(CC4C(=O)C(c5ccccc5)=CC(=O)C4(c4ccccc4)C3c3ccc(OCc4ccccc4)cc3O)C2C1=O. The highest BCUT2D eigenvalue weighted by molar-refractivity contribution is 6.31. The second kappa shape index (κ2) is 15.2. The van der Waals surface area contributed by atoms with Crippen molar-refractivity contribution in [2.24, 2.45) is 23.7 Å². The van der Waals surface area contributed by atoms with E-state index in [1.807, 2.05) is 97.1 Å². The van der Waals surface area contributed by atoms with Crippen molar-refractivity contribution in [3.05, 3.63) is 149 Å². The number of imide groups is 1. The van der Waals surface area contributed by atoms with Crippen LogP contribution < -0.4 is 4.74 Å². The number of allylic oxidation sites excluding steroid dienone is 4. The Morgan fingerprint density at radius 3 is 2.20 bits per heavy atom. The molecule has 0 spiro atoms. The molecule has 6 atom stereocenters. The van der Waals surface area contributed by atoms with E-state index >= 15 is 9.59 Å². The van der Waals surface area contributed by atoms with E-state index in [2.05, 4.69) is 0 Å². The number of amides is 2. The topological polar surface area (TPSA) is 138 Å². The number of phenolic OH excluding ortho intramolecular Hbond substituents is 1. The number of fused-ring (bicyclic) bond motifs is 4. The quantitative estimate of drug-likeness (QED) is 0.0867. The maximum atomic E-state index is 15.3. The summed E-state index contributed by atoms with van der Waals surface area (Å²) in [5.41, 5.74) is 2.25. The van der Waals surface area contributed by atoms with Crippen LogP contribution >= 0.6 is 0 Å². The van der Waals surface area contributed by atoms with E-state index in [9.17, 15) is 19.5 Å². The Hall–Kier alpha value is -6.09. The van der Waals surface area contributed by atoms with Crippen LogP contribution in [-0.4, -0.2) is 51.0 Å². The largest absolute Gasteiger partial charge is 0.508 e. The number of carbonyl (C=O) groups excluding carboxylic acids is 4. The highest BCUT2D eigenvalue weighted by Gasteiger charge is 2.66. The summed E-state index contributed by atoms with van der Waals surface area (Å²) in [5.74, 6) is -5.32. The van der Waals surface area contributed by atoms with Crippen LogP contribution in [0, 0.1) is 23.7 Å². The molecular formula is C47H43NO8. The van der Waals surface area contributed by atoms with Crippen LogP contribution in [-0.2, 0) is 36.0 Å². The monoisotopic (exact) mass is 749 g/mol. The number of hydrogen-bond acceptors (Lipinski definition) is 7. The average Bonchev–Trinajstić information content (AvgIpc) is 3.46. The van der Waals surface area contributed by atoms with Gasteiger partial charge in [-0.15, -0.1) is 0 Å². The van der Waals surface area contributed by atoms with Gasteiger partial charge < -0.3 is 14.9 Å². The normalized spacial score (nSPS) is 25.5. The summed E-state index contributed by atoms with van der Waals surface area (Å²) < 4.78 is 6.07. The van der Waals surface area contributed by atoms with Crippen LogP contribution in [0.15, 0.2) is 127 Å². The van der Waals surface area contributed by atoms with Gasteiger partial charge in [-0.1, -0.05) is 115 Å². The Morgan fingerprint density at radius 1 is 0.804 bits per heavy atom. The van der Waals surface area contributed by atoms with E-state index in [4.69, 9.17) is 9.84 Å². The molecular weight excluding hydrogens is 707 g/mol. The molecule has 0 aromatic heterocycles. The number of phenols is 1. The lowest BCUT2D eigenvalue weighted by Gasteiger charge is -2.55. The first kappa shape index (κ1) is 36.9. The van der Waals surface area contributed by atoms with Crippen LogP contribution in [0.25, 0.3) is 5.57 Å². The van der Waals surface area contributed by atoms with Crippen LogP contribution in [0.5, 0.6) is 11.5 Å². The van der Waals surface area contributed by atoms with Gasteiger partial charge in [0.2, 0.25) is 11.8 Å². The number of carboxylic acids is 1. The number of Topliss-reactive ketones (excluding diaryl/α,β-unsaturated/α-hetero) is 1. The molecule has 56 heavy (non-hydrogen) atoms. The molecule has 2 fully saturated rings. The molecule has 2 N–H and O–H groups in total. The molecule has 1 heterocycles. The maximum absolute atomic E-state index is 15.3. The molecule has 284 valence electrons. The van der Waals surface area contributed by atoms with Gasteiger partial charge in [0.25, 0.3) is 0 Å². The van der Waals surface area contributed by atoms with Crippen LogP contribution in [0.2, 0.25) is 0 Å². The summed E-state index contributed by atoms with van der Waals surface area (Å²) in [6.45, 7) is 0.471. The molecule has 9 nitrogen and oxygen atoms in total. The fraction of sp³-hybridized carbons (Fsp3) is 0.298. The van der Waals surface area contributed by atoms with E-state index in [1.54, 1.807) is 18.2 Å². The molecule has 1 aliphatic heterocycles. The summed E-state index contributed by atoms with van der Waals surface area (Å²) in [5, 5.41) is 21.0. The number of rotatable bonds is 12. The van der Waals surface area contributed by atoms with Crippen LogP contribution in [0.1, 0.15) is 66.7 Å². The van der Waals surface area contributed by atoms with Gasteiger partial charge >= 0.3 is 5.97 Å². The van der Waals surface area contributed by atoms with Gasteiger partial charge in [-0.2, -0.15) is 0 Å². The highest BCUT2D eigenvalue weighted by atomic mass is 16.5. The third kappa shape index (κ3) is 6.34. The smallest absolute Gasteiger partial charge is 0.303 e. The summed E-state index contributed by atoms with van der Waals surface area (Å²) >= 11 is 0. The molecule has 1 saturated carbocycles. The van der Waals surface area contributed by atoms with Gasteiger partial charge in [-0.3, -0.25) is 28.9 Å². The fourth-order valence-electron chi connectivity index (χ4n) is 9.83. The molecule has 4 aromatic carbocycles. The first-order valence-electron chi connectivity index (χ1n) is 19.4. The summed E-state index contributed by atoms with van der Waals surface area (Å²) in [6.07, 6.45) is 5.40. The Morgan fingerprint density at radius 2 is 1.50 bits per heavy atom. The maximum Gasteiger partial charge on any atom is 0.303 e. The molecule has 6 unspecified atom stereocenters. The molecule has 2 amide bonds. The molecule has 1 saturated heterocycles. The van der Waals surface area contributed by atoms with Gasteiger partial charge in [0.1, 0.15) is 18.1 Å². The van der Waals surface area contributed by atoms with Gasteiger partial charge in [-0.05, 0) is 60.4 Å². The van der Waals surface area contributed by atoms with E-state index in [-0.39, 0.29) is 61.5 Å². The Balaban J connectivity index is 1.24. The molecule has 9 heteroatoms. The van der Waals surface area contributed by atoms with Crippen molar-refractivity contribution in [1.29, 1.82) is 0 Å². The summed E-state index contributed by atoms with van der Waals surface area (Å²) in [7, 11) is 0. The highest BCUT2D eigenvalue weighted by Crippen LogP contribution is 2.64. The second-order valence-corrected chi connectivity index (χ2v) is 15.3. The predicted octanol–water partition coefficient (Wildman–Crippen LogP) is 7.44. The molecule has 4 aromatic rings. The number of likely N-dealkylation sites (tertiary alicyclic amines) is 1. The molecule has 8 rings (SSSR count). The summed E-state index contributed by atoms with van der Waals surface area (Å²) in [6, 6.07) is 33.1. The van der Waals surface area contributed by atoms with Crippen molar-refractivity contribution in [2.45, 2.75) is 56.5 Å². The third-order valence-corrected chi connectivity index (χ3v) is 12.3. The lowest BCUT2D eigenvalue weighted by Crippen LogP contribution is -2.58. The fourth-order valence-corrected chi connectivity index (χ4v) is 9.83. The molecule has 0 radical (unpaired) electrons. The number of nitrogens with zero attached hydrogens (tertiary/aromatic N) is 1. The minimum absolute atomic E-state index is 0.0214. The lowest BCUT2D eigenvalue weighted by molar-refractivity contribution is -0.141. The molecule has 3 aliphatic carbocycles. The number of ketones is 2. The van der Waals surface area contributed by atoms with Crippen LogP contribution in [0.4, 0.5) is 0 Å². The number of ether oxygens (including phenoxy) is 1. The minimum atomic E-state index is -1.47. The summed E-state index contributed by atoms with van der Waals surface area (Å²) in [4.78, 5) is 71.1. The lowest BCUT2D eigenvalue weighted by atomic mass is 9.44. The molecule has 4 aliphatic rings. The number of aliphatic carboxylic acids is 1. The van der Waals surface area contributed by atoms with Gasteiger partial charge in [0.05, 0.1) is 17.3 Å². The number of unbranched alkanes of at least 4 members (excludes halogenated alkanes) is 2. The number of carboxylic acid groups (broad SMARTS) is 1. The van der Waals surface area contributed by atoms with Gasteiger partial charge in [0, 0.05) is 42.0 Å². The minimum Gasteiger partial charge on any atom is -0.508 e. The predicted molar refractivity (Wildman–Crippen MR) is 208 cm³/mol. The van der Waals surface area contributed by atoms with Crippen molar-refractivity contribution in [3.8, 4) is 11.5 Å². The Labute approximate surface area is 325 Å². The Bertz CT molecular complexity index is 2250. The zero-order chi connectivity index (χ0) is 39.0. The van der Waals surface area contributed by atoms with Crippen molar-refractivity contribution in [3.63, 3.8) is 0 Å². The standard InChI is InChI=1S/C47H43NO8/c49-39-25-32(56-28-29-13-5-1-6-14-29)20-21-34(39)43-33-22-23-35-42(46(55)48(45(35)54)24-12-4-11-19-41(51)52)37(33)26-38-44(53)36(30-15-7-2-8-16-30)27-40(50)47(38,43)31-17-9-3-10-18-31/h1-3,5-10,13-18,20-22,25,27,35,37-38,42-43,49H,4,11-12,19,23-24,26,28H2,(H,51,52). The Kier molecular flexibility index (Phi) is 10.0. The van der Waals surface area contributed by atoms with Gasteiger partial charge in [0.15, 0.2) is 11.6 Å². The number of aromatic hydroxyl groups is 1. The first-order valence-corrected chi connectivity index (χ1v) is 19.4. The van der Waals surface area contributed by atoms with E-state index < -0.39 is 41.0 Å². The third-order valence-electron chi connectivity index (χ3n) is 12.3. The van der Waals surface area contributed by atoms with E-state index in [0.717, 1.165) is 11.1 Å². The number of hydrogen-bond donors (Lipinski definition) is 2. The average molecular weight is 750 g/mol. The number of benzene rings is 4. The van der Waals surface area contributed by atoms with E-state index in [0.29, 0.717) is 47.3 Å². The van der Waals surface area contributed by atoms with Crippen molar-refractivity contribution >= 4 is 34.9 Å².